The summed E-state index contributed by atoms with van der Waals surface area (Å²) in [6.45, 7) is 5.21. The molecule has 0 spiro atoms. The molecule has 3 N–H and O–H groups in total. The molecule has 1 aliphatic rings. The number of aromatic nitrogens is 3. The van der Waals surface area contributed by atoms with Gasteiger partial charge in [0.1, 0.15) is 17.3 Å². The van der Waals surface area contributed by atoms with Crippen molar-refractivity contribution in [1.82, 2.24) is 20.5 Å². The topological polar surface area (TPSA) is 101 Å². The number of nitrogens with one attached hydrogen (secondary N) is 3. The third-order valence-corrected chi connectivity index (χ3v) is 5.25. The molecule has 1 fully saturated rings. The zero-order valence-electron chi connectivity index (χ0n) is 20.1. The molecule has 2 heterocycles. The lowest BCUT2D eigenvalue weighted by atomic mass is 10.1. The van der Waals surface area contributed by atoms with E-state index in [0.717, 1.165) is 25.8 Å². The van der Waals surface area contributed by atoms with Gasteiger partial charge in [-0.2, -0.15) is 0 Å². The van der Waals surface area contributed by atoms with Crippen LogP contribution in [0.2, 0.25) is 5.02 Å². The molecule has 1 aliphatic carbocycles. The molecule has 8 nitrogen and oxygen atoms in total. The fourth-order valence-electron chi connectivity index (χ4n) is 3.13. The number of amides is 1. The molecule has 1 amide bonds. The number of benzene rings is 1. The summed E-state index contributed by atoms with van der Waals surface area (Å²) < 4.78 is 20.2. The largest absolute Gasteiger partial charge is 0.475 e. The van der Waals surface area contributed by atoms with Crippen molar-refractivity contribution >= 4 is 34.7 Å². The monoisotopic (exact) mass is 500 g/mol. The van der Waals surface area contributed by atoms with Crippen molar-refractivity contribution < 1.29 is 13.9 Å². The van der Waals surface area contributed by atoms with E-state index in [1.165, 1.54) is 18.2 Å². The quantitative estimate of drug-likeness (QED) is 0.319. The number of carbonyl (C=O) groups is 1. The number of pyridine rings is 1. The predicted octanol–water partition coefficient (Wildman–Crippen LogP) is 5.44. The molecule has 35 heavy (non-hydrogen) atoms. The Kier molecular flexibility index (Phi) is 9.75. The summed E-state index contributed by atoms with van der Waals surface area (Å²) in [6.07, 6.45) is 4.17. The highest BCUT2D eigenvalue weighted by Crippen LogP contribution is 2.33. The average molecular weight is 501 g/mol. The number of hydrogen-bond donors (Lipinski definition) is 3. The van der Waals surface area contributed by atoms with Crippen LogP contribution < -0.4 is 20.7 Å². The molecule has 0 atom stereocenters. The van der Waals surface area contributed by atoms with Gasteiger partial charge in [-0.3, -0.25) is 4.79 Å². The van der Waals surface area contributed by atoms with E-state index in [0.29, 0.717) is 34.5 Å². The summed E-state index contributed by atoms with van der Waals surface area (Å²) in [5, 5.41) is 17.8. The van der Waals surface area contributed by atoms with E-state index in [1.807, 2.05) is 20.9 Å². The number of ether oxygens (including phenoxy) is 1. The minimum absolute atomic E-state index is 0.0301. The van der Waals surface area contributed by atoms with Gasteiger partial charge in [-0.25, -0.2) is 9.37 Å². The molecule has 186 valence electrons. The number of halogens is 2. The van der Waals surface area contributed by atoms with Gasteiger partial charge >= 0.3 is 0 Å². The normalized spacial score (nSPS) is 12.4. The Morgan fingerprint density at radius 3 is 2.71 bits per heavy atom. The smallest absolute Gasteiger partial charge is 0.257 e. The van der Waals surface area contributed by atoms with Gasteiger partial charge in [0.2, 0.25) is 5.91 Å². The molecule has 0 saturated heterocycles. The molecule has 10 heteroatoms. The Morgan fingerprint density at radius 2 is 1.97 bits per heavy atom. The minimum Gasteiger partial charge on any atom is -0.475 e. The Balaban J connectivity index is 0.00000167. The third kappa shape index (κ3) is 7.60. The summed E-state index contributed by atoms with van der Waals surface area (Å²) in [7, 11) is 1.87. The van der Waals surface area contributed by atoms with Gasteiger partial charge < -0.3 is 20.7 Å². The second kappa shape index (κ2) is 13.0. The first-order chi connectivity index (χ1) is 17.0. The number of carbonyl (C=O) groups excluding carboxylic acids is 1. The van der Waals surface area contributed by atoms with Crippen molar-refractivity contribution in [1.29, 1.82) is 0 Å². The van der Waals surface area contributed by atoms with Gasteiger partial charge in [0, 0.05) is 34.5 Å². The van der Waals surface area contributed by atoms with Gasteiger partial charge in [0.15, 0.2) is 0 Å². The number of anilines is 3. The minimum atomic E-state index is -0.462. The zero-order valence-corrected chi connectivity index (χ0v) is 20.8. The van der Waals surface area contributed by atoms with Crippen LogP contribution in [-0.4, -0.2) is 41.3 Å². The van der Waals surface area contributed by atoms with Crippen LogP contribution in [-0.2, 0) is 4.79 Å². The van der Waals surface area contributed by atoms with Crippen LogP contribution in [0.15, 0.2) is 42.6 Å². The van der Waals surface area contributed by atoms with Crippen LogP contribution in [0.1, 0.15) is 33.1 Å². The maximum atomic E-state index is 14.4. The van der Waals surface area contributed by atoms with Crippen molar-refractivity contribution in [3.8, 4) is 17.1 Å². The van der Waals surface area contributed by atoms with E-state index in [4.69, 9.17) is 16.3 Å². The standard InChI is InChI=1S/C23H24ClFN6O2.C2H6/c1-26-8-2-10-33-23-20(13-19(30-31-23)17-11-15(24)5-6-18(17)25)28-16-7-9-27-21(12-16)29-22(32)14-3-4-14;1-2/h5-7,9,11-14,26H,2-4,8,10H2,1H3,(H2,27,28,29,30,32);1-2H3. The van der Waals surface area contributed by atoms with Crippen LogP contribution in [0, 0.1) is 11.7 Å². The summed E-state index contributed by atoms with van der Waals surface area (Å²) in [4.78, 5) is 16.3. The molecule has 1 saturated carbocycles. The Bertz CT molecular complexity index is 1140. The van der Waals surface area contributed by atoms with Crippen LogP contribution in [0.3, 0.4) is 0 Å². The SMILES string of the molecule is CC.CNCCCOc1nnc(-c2cc(Cl)ccc2F)cc1Nc1ccnc(NC(=O)C2CC2)c1. The number of rotatable bonds is 10. The van der Waals surface area contributed by atoms with E-state index in [9.17, 15) is 9.18 Å². The van der Waals surface area contributed by atoms with Crippen molar-refractivity contribution in [2.75, 3.05) is 30.8 Å². The summed E-state index contributed by atoms with van der Waals surface area (Å²) >= 11 is 6.05. The lowest BCUT2D eigenvalue weighted by molar-refractivity contribution is -0.117. The molecular formula is C25H30ClFN6O2. The fourth-order valence-corrected chi connectivity index (χ4v) is 3.30. The van der Waals surface area contributed by atoms with Crippen molar-refractivity contribution in [2.24, 2.45) is 5.92 Å². The first-order valence-electron chi connectivity index (χ1n) is 11.7. The predicted molar refractivity (Wildman–Crippen MR) is 137 cm³/mol. The summed E-state index contributed by atoms with van der Waals surface area (Å²) in [6, 6.07) is 9.36. The van der Waals surface area contributed by atoms with Gasteiger partial charge in [-0.05, 0) is 63.2 Å². The first-order valence-corrected chi connectivity index (χ1v) is 12.1. The van der Waals surface area contributed by atoms with E-state index in [2.05, 4.69) is 31.1 Å². The molecule has 2 aromatic heterocycles. The second-order valence-corrected chi connectivity index (χ2v) is 8.13. The van der Waals surface area contributed by atoms with E-state index in [-0.39, 0.29) is 23.3 Å². The van der Waals surface area contributed by atoms with Gasteiger partial charge in [0.25, 0.3) is 5.88 Å². The third-order valence-electron chi connectivity index (χ3n) is 5.01. The molecular weight excluding hydrogens is 471 g/mol. The number of hydrogen-bond acceptors (Lipinski definition) is 7. The highest BCUT2D eigenvalue weighted by Gasteiger charge is 2.29. The van der Waals surface area contributed by atoms with E-state index in [1.54, 1.807) is 24.4 Å². The van der Waals surface area contributed by atoms with Crippen LogP contribution in [0.25, 0.3) is 11.3 Å². The fraction of sp³-hybridized carbons (Fsp3) is 0.360. The van der Waals surface area contributed by atoms with Crippen LogP contribution >= 0.6 is 11.6 Å². The van der Waals surface area contributed by atoms with Crippen molar-refractivity contribution in [3.05, 3.63) is 53.4 Å². The van der Waals surface area contributed by atoms with E-state index >= 15 is 0 Å². The lowest BCUT2D eigenvalue weighted by Gasteiger charge is -2.14. The maximum absolute atomic E-state index is 14.4. The van der Waals surface area contributed by atoms with Crippen LogP contribution in [0.4, 0.5) is 21.6 Å². The Labute approximate surface area is 209 Å². The highest BCUT2D eigenvalue weighted by atomic mass is 35.5. The first kappa shape index (κ1) is 26.3. The van der Waals surface area contributed by atoms with Crippen molar-refractivity contribution in [2.45, 2.75) is 33.1 Å². The summed E-state index contributed by atoms with van der Waals surface area (Å²) in [5.41, 5.74) is 1.68. The van der Waals surface area contributed by atoms with Gasteiger partial charge in [-0.15, -0.1) is 10.2 Å². The molecule has 0 radical (unpaired) electrons. The van der Waals surface area contributed by atoms with Gasteiger partial charge in [0.05, 0.1) is 12.3 Å². The molecule has 0 aliphatic heterocycles. The van der Waals surface area contributed by atoms with Gasteiger partial charge in [-0.1, -0.05) is 25.4 Å². The highest BCUT2D eigenvalue weighted by molar-refractivity contribution is 6.30. The molecule has 3 aromatic rings. The molecule has 1 aromatic carbocycles. The van der Waals surface area contributed by atoms with Crippen molar-refractivity contribution in [3.63, 3.8) is 0 Å². The number of nitrogens with zero attached hydrogens (tertiary/aromatic N) is 3. The Morgan fingerprint density at radius 1 is 1.17 bits per heavy atom. The van der Waals surface area contributed by atoms with E-state index < -0.39 is 5.82 Å². The molecule has 0 unspecified atom stereocenters. The molecule has 0 bridgehead atoms. The summed E-state index contributed by atoms with van der Waals surface area (Å²) in [5.74, 6) is 0.295. The lowest BCUT2D eigenvalue weighted by Crippen LogP contribution is -2.14. The average Bonchev–Trinajstić information content (AvgIpc) is 3.71. The second-order valence-electron chi connectivity index (χ2n) is 7.70. The Hall–Kier alpha value is -3.30. The maximum Gasteiger partial charge on any atom is 0.257 e. The zero-order chi connectivity index (χ0) is 25.2. The molecule has 4 rings (SSSR count). The van der Waals surface area contributed by atoms with Crippen LogP contribution in [0.5, 0.6) is 5.88 Å².